The highest BCUT2D eigenvalue weighted by Crippen LogP contribution is 2.22. The van der Waals surface area contributed by atoms with Crippen LogP contribution in [0.2, 0.25) is 0 Å². The Morgan fingerprint density at radius 2 is 2.15 bits per heavy atom. The van der Waals surface area contributed by atoms with E-state index in [9.17, 15) is 0 Å². The first-order valence-corrected chi connectivity index (χ1v) is 7.89. The van der Waals surface area contributed by atoms with Crippen molar-refractivity contribution in [3.8, 4) is 5.82 Å². The number of aryl methyl sites for hydroxylation is 2. The van der Waals surface area contributed by atoms with Crippen molar-refractivity contribution in [2.75, 3.05) is 6.54 Å². The minimum atomic E-state index is 0.611. The molecule has 0 amide bonds. The number of imidazole rings is 1. The first kappa shape index (κ1) is 13.3. The summed E-state index contributed by atoms with van der Waals surface area (Å²) in [6.07, 6.45) is 4.74. The van der Waals surface area contributed by atoms with Crippen molar-refractivity contribution in [1.82, 2.24) is 19.2 Å². The molecule has 0 unspecified atom stereocenters. The van der Waals surface area contributed by atoms with Crippen LogP contribution in [0.1, 0.15) is 30.9 Å². The van der Waals surface area contributed by atoms with Gasteiger partial charge < -0.3 is 5.73 Å². The molecule has 3 aromatic rings. The Labute approximate surface area is 122 Å². The Morgan fingerprint density at radius 3 is 2.85 bits per heavy atom. The van der Waals surface area contributed by atoms with Crippen molar-refractivity contribution in [1.29, 1.82) is 0 Å². The minimum absolute atomic E-state index is 0.611. The highest BCUT2D eigenvalue weighted by molar-refractivity contribution is 7.15. The third-order valence-electron chi connectivity index (χ3n) is 3.48. The van der Waals surface area contributed by atoms with Crippen LogP contribution in [0, 0.1) is 0 Å². The van der Waals surface area contributed by atoms with Crippen molar-refractivity contribution >= 4 is 16.3 Å². The van der Waals surface area contributed by atoms with Crippen LogP contribution in [0.15, 0.2) is 17.6 Å². The lowest BCUT2D eigenvalue weighted by Crippen LogP contribution is -2.10. The number of nitrogens with zero attached hydrogens (tertiary/aromatic N) is 4. The van der Waals surface area contributed by atoms with E-state index in [4.69, 9.17) is 15.8 Å². The summed E-state index contributed by atoms with van der Waals surface area (Å²) in [5.41, 5.74) is 9.21. The molecule has 0 saturated heterocycles. The van der Waals surface area contributed by atoms with Gasteiger partial charge in [-0.05, 0) is 25.5 Å². The van der Waals surface area contributed by atoms with Gasteiger partial charge in [-0.3, -0.25) is 4.40 Å². The fraction of sp³-hybridized carbons (Fsp3) is 0.429. The van der Waals surface area contributed by atoms with Gasteiger partial charge in [0.15, 0.2) is 10.8 Å². The maximum atomic E-state index is 5.76. The summed E-state index contributed by atoms with van der Waals surface area (Å²) in [6.45, 7) is 4.88. The van der Waals surface area contributed by atoms with Gasteiger partial charge in [0.05, 0.1) is 11.4 Å². The number of thiazole rings is 1. The molecule has 20 heavy (non-hydrogen) atoms. The smallest absolute Gasteiger partial charge is 0.195 e. The Hall–Kier alpha value is -1.66. The van der Waals surface area contributed by atoms with Crippen LogP contribution in [0.3, 0.4) is 0 Å². The quantitative estimate of drug-likeness (QED) is 0.783. The van der Waals surface area contributed by atoms with Crippen LogP contribution in [0.5, 0.6) is 0 Å². The molecule has 0 aromatic carbocycles. The molecule has 0 radical (unpaired) electrons. The molecule has 0 aliphatic rings. The van der Waals surface area contributed by atoms with Crippen LogP contribution in [-0.2, 0) is 19.3 Å². The Balaban J connectivity index is 2.19. The highest BCUT2D eigenvalue weighted by atomic mass is 32.1. The van der Waals surface area contributed by atoms with E-state index in [0.717, 1.165) is 41.4 Å². The molecule has 2 N–H and O–H groups in total. The molecule has 0 bridgehead atoms. The molecular formula is C14H19N5S. The minimum Gasteiger partial charge on any atom is -0.330 e. The number of nitrogens with two attached hydrogens (primary N) is 1. The van der Waals surface area contributed by atoms with Crippen molar-refractivity contribution in [2.24, 2.45) is 5.73 Å². The first-order valence-electron chi connectivity index (χ1n) is 7.01. The molecule has 0 spiro atoms. The van der Waals surface area contributed by atoms with Gasteiger partial charge in [-0.15, -0.1) is 11.3 Å². The molecule has 6 heteroatoms. The topological polar surface area (TPSA) is 61.1 Å². The average Bonchev–Trinajstić information content (AvgIpc) is 3.13. The van der Waals surface area contributed by atoms with Gasteiger partial charge >= 0.3 is 0 Å². The molecule has 5 nitrogen and oxygen atoms in total. The molecule has 0 fully saturated rings. The van der Waals surface area contributed by atoms with Gasteiger partial charge in [0, 0.05) is 23.7 Å². The van der Waals surface area contributed by atoms with Crippen molar-refractivity contribution in [3.05, 3.63) is 34.7 Å². The van der Waals surface area contributed by atoms with Gasteiger partial charge in [-0.2, -0.15) is 10.1 Å². The Morgan fingerprint density at radius 1 is 1.30 bits per heavy atom. The van der Waals surface area contributed by atoms with E-state index in [1.165, 1.54) is 5.69 Å². The zero-order valence-corrected chi connectivity index (χ0v) is 12.7. The second kappa shape index (κ2) is 5.38. The van der Waals surface area contributed by atoms with E-state index in [-0.39, 0.29) is 0 Å². The highest BCUT2D eigenvalue weighted by Gasteiger charge is 2.17. The molecule has 0 aliphatic heterocycles. The van der Waals surface area contributed by atoms with Crippen molar-refractivity contribution < 1.29 is 0 Å². The lowest BCUT2D eigenvalue weighted by molar-refractivity contribution is 0.759. The van der Waals surface area contributed by atoms with Gasteiger partial charge in [-0.1, -0.05) is 13.8 Å². The number of hydrogen-bond acceptors (Lipinski definition) is 4. The van der Waals surface area contributed by atoms with Crippen LogP contribution in [-0.4, -0.2) is 25.7 Å². The zero-order valence-electron chi connectivity index (χ0n) is 11.8. The van der Waals surface area contributed by atoms with Crippen LogP contribution in [0.25, 0.3) is 10.8 Å². The molecule has 0 saturated carbocycles. The second-order valence-corrected chi connectivity index (χ2v) is 5.60. The van der Waals surface area contributed by atoms with Gasteiger partial charge in [0.25, 0.3) is 0 Å². The maximum Gasteiger partial charge on any atom is 0.195 e. The molecule has 3 rings (SSSR count). The summed E-state index contributed by atoms with van der Waals surface area (Å²) in [7, 11) is 0. The van der Waals surface area contributed by atoms with Gasteiger partial charge in [0.2, 0.25) is 0 Å². The third-order valence-corrected chi connectivity index (χ3v) is 4.24. The number of rotatable bonds is 5. The molecule has 0 atom stereocenters. The largest absolute Gasteiger partial charge is 0.330 e. The maximum absolute atomic E-state index is 5.76. The zero-order chi connectivity index (χ0) is 14.1. The molecule has 0 aliphatic carbocycles. The number of fused-ring (bicyclic) bond motifs is 1. The molecule has 3 aromatic heterocycles. The fourth-order valence-corrected chi connectivity index (χ4v) is 3.17. The van der Waals surface area contributed by atoms with E-state index >= 15 is 0 Å². The predicted molar refractivity (Wildman–Crippen MR) is 81.7 cm³/mol. The summed E-state index contributed by atoms with van der Waals surface area (Å²) < 4.78 is 4.11. The normalized spacial score (nSPS) is 11.6. The summed E-state index contributed by atoms with van der Waals surface area (Å²) >= 11 is 1.64. The van der Waals surface area contributed by atoms with Gasteiger partial charge in [0.1, 0.15) is 0 Å². The second-order valence-electron chi connectivity index (χ2n) is 4.72. The van der Waals surface area contributed by atoms with Gasteiger partial charge in [-0.25, -0.2) is 4.68 Å². The predicted octanol–water partition coefficient (Wildman–Crippen LogP) is 2.21. The van der Waals surface area contributed by atoms with Crippen molar-refractivity contribution in [2.45, 2.75) is 33.1 Å². The van der Waals surface area contributed by atoms with E-state index in [0.29, 0.717) is 6.54 Å². The number of aromatic nitrogens is 4. The van der Waals surface area contributed by atoms with E-state index < -0.39 is 0 Å². The number of hydrogen-bond donors (Lipinski definition) is 1. The van der Waals surface area contributed by atoms with E-state index in [2.05, 4.69) is 30.5 Å². The first-order chi connectivity index (χ1) is 9.78. The summed E-state index contributed by atoms with van der Waals surface area (Å²) in [5, 5.41) is 6.74. The lowest BCUT2D eigenvalue weighted by atomic mass is 10.2. The van der Waals surface area contributed by atoms with Crippen LogP contribution in [0.4, 0.5) is 0 Å². The van der Waals surface area contributed by atoms with Crippen LogP contribution < -0.4 is 5.73 Å². The third kappa shape index (κ3) is 2.05. The van der Waals surface area contributed by atoms with Crippen LogP contribution >= 0.6 is 11.3 Å². The van der Waals surface area contributed by atoms with E-state index in [1.807, 2.05) is 10.1 Å². The average molecular weight is 289 g/mol. The monoisotopic (exact) mass is 289 g/mol. The summed E-state index contributed by atoms with van der Waals surface area (Å²) in [4.78, 5) is 5.74. The molecule has 3 heterocycles. The SMILES string of the molecule is CCc1cc(CC)n(-c2nc3sccn3c2CCN)n1. The lowest BCUT2D eigenvalue weighted by Gasteiger charge is -2.05. The summed E-state index contributed by atoms with van der Waals surface area (Å²) in [5.74, 6) is 0.929. The van der Waals surface area contributed by atoms with Crippen molar-refractivity contribution in [3.63, 3.8) is 0 Å². The standard InChI is InChI=1S/C14H19N5S/c1-3-10-9-11(4-2)19(17-10)13-12(5-6-15)18-7-8-20-14(18)16-13/h7-9H,3-6,15H2,1-2H3. The Kier molecular flexibility index (Phi) is 3.58. The fourth-order valence-electron chi connectivity index (χ4n) is 2.44. The molecular weight excluding hydrogens is 270 g/mol. The molecule has 106 valence electrons. The van der Waals surface area contributed by atoms with E-state index in [1.54, 1.807) is 11.3 Å². The Bertz CT molecular complexity index is 721. The summed E-state index contributed by atoms with van der Waals surface area (Å²) in [6, 6.07) is 2.17.